The summed E-state index contributed by atoms with van der Waals surface area (Å²) in [5, 5.41) is 28.5. The number of benzene rings is 2. The number of aliphatic hydroxyl groups is 3. The molecule has 2 aromatic carbocycles. The van der Waals surface area contributed by atoms with Gasteiger partial charge in [-0.3, -0.25) is 4.79 Å². The number of esters is 3. The summed E-state index contributed by atoms with van der Waals surface area (Å²) in [5.41, 5.74) is 0.942. The lowest BCUT2D eigenvalue weighted by Crippen LogP contribution is -2.43. The fourth-order valence-electron chi connectivity index (χ4n) is 4.68. The van der Waals surface area contributed by atoms with Crippen LogP contribution in [0.25, 0.3) is 0 Å². The normalized spacial score (nSPS) is 18.6. The number of aliphatic hydroxyl groups excluding tert-OH is 3. The van der Waals surface area contributed by atoms with Crippen molar-refractivity contribution < 1.29 is 48.7 Å². The molecule has 0 aromatic heterocycles. The van der Waals surface area contributed by atoms with Crippen molar-refractivity contribution in [3.63, 3.8) is 0 Å². The fourth-order valence-corrected chi connectivity index (χ4v) is 4.68. The molecule has 45 heavy (non-hydrogen) atoms. The molecule has 1 aliphatic heterocycles. The summed E-state index contributed by atoms with van der Waals surface area (Å²) in [6, 6.07) is 17.4. The minimum Gasteiger partial charge on any atom is -0.458 e. The highest BCUT2D eigenvalue weighted by atomic mass is 16.6. The first-order valence-corrected chi connectivity index (χ1v) is 16.0. The lowest BCUT2D eigenvalue weighted by Gasteiger charge is -2.24. The van der Waals surface area contributed by atoms with E-state index in [4.69, 9.17) is 18.9 Å². The number of hydrogen-bond acceptors (Lipinski definition) is 10. The highest BCUT2D eigenvalue weighted by Crippen LogP contribution is 2.20. The maximum absolute atomic E-state index is 11.8. The van der Waals surface area contributed by atoms with Crippen LogP contribution in [0.4, 0.5) is 0 Å². The molecule has 0 amide bonds. The third-order valence-corrected chi connectivity index (χ3v) is 7.28. The van der Waals surface area contributed by atoms with Crippen molar-refractivity contribution in [3.05, 3.63) is 71.8 Å². The number of rotatable bonds is 18. The highest BCUT2D eigenvalue weighted by molar-refractivity contribution is 5.90. The van der Waals surface area contributed by atoms with Crippen LogP contribution in [0.2, 0.25) is 0 Å². The van der Waals surface area contributed by atoms with Gasteiger partial charge in [0.15, 0.2) is 6.10 Å². The zero-order valence-electron chi connectivity index (χ0n) is 26.6. The van der Waals surface area contributed by atoms with E-state index in [2.05, 4.69) is 6.92 Å². The molecule has 1 fully saturated rings. The Hall–Kier alpha value is -3.31. The molecule has 2 aromatic rings. The number of carbonyl (C=O) groups excluding carboxylic acids is 3. The average molecular weight is 631 g/mol. The third kappa shape index (κ3) is 15.0. The molecule has 10 heteroatoms. The smallest absolute Gasteiger partial charge is 0.338 e. The summed E-state index contributed by atoms with van der Waals surface area (Å²) in [6.07, 6.45) is 6.40. The number of carbonyl (C=O) groups is 3. The summed E-state index contributed by atoms with van der Waals surface area (Å²) < 4.78 is 20.7. The fraction of sp³-hybridized carbons (Fsp3) is 0.571. The minimum absolute atomic E-state index is 0.0157. The second-order valence-electron chi connectivity index (χ2n) is 11.2. The minimum atomic E-state index is -1.14. The van der Waals surface area contributed by atoms with Crippen LogP contribution < -0.4 is 0 Å². The van der Waals surface area contributed by atoms with E-state index >= 15 is 0 Å². The first kappa shape index (κ1) is 37.9. The maximum Gasteiger partial charge on any atom is 0.338 e. The van der Waals surface area contributed by atoms with E-state index in [9.17, 15) is 29.7 Å². The summed E-state index contributed by atoms with van der Waals surface area (Å²) in [6.45, 7) is 3.46. The Bertz CT molecular complexity index is 1090. The van der Waals surface area contributed by atoms with Gasteiger partial charge in [0, 0.05) is 6.42 Å². The van der Waals surface area contributed by atoms with E-state index in [1.807, 2.05) is 12.1 Å². The van der Waals surface area contributed by atoms with Crippen LogP contribution >= 0.6 is 0 Å². The second kappa shape index (κ2) is 22.2. The molecular weight excluding hydrogens is 580 g/mol. The van der Waals surface area contributed by atoms with Crippen molar-refractivity contribution in [2.24, 2.45) is 0 Å². The molecule has 3 rings (SSSR count). The van der Waals surface area contributed by atoms with Crippen LogP contribution in [0.5, 0.6) is 0 Å². The Morgan fingerprint density at radius 3 is 1.84 bits per heavy atom. The molecule has 1 unspecified atom stereocenters. The zero-order chi connectivity index (χ0) is 32.9. The van der Waals surface area contributed by atoms with E-state index < -0.39 is 55.0 Å². The first-order valence-electron chi connectivity index (χ1n) is 16.0. The SMILES string of the molecule is CC(COC(=O)c1ccccc1)OC(=O)c1ccccc1.CCCCCCCCCCCC(=O)O[C@H](CO)[C@H]1OC[C@H](O)[C@H]1O. The van der Waals surface area contributed by atoms with Crippen LogP contribution in [-0.2, 0) is 23.7 Å². The summed E-state index contributed by atoms with van der Waals surface area (Å²) in [7, 11) is 0. The first-order chi connectivity index (χ1) is 21.8. The van der Waals surface area contributed by atoms with E-state index in [1.54, 1.807) is 55.5 Å². The Morgan fingerprint density at radius 2 is 1.33 bits per heavy atom. The van der Waals surface area contributed by atoms with Gasteiger partial charge in [0.05, 0.1) is 24.3 Å². The van der Waals surface area contributed by atoms with Crippen LogP contribution in [-0.4, -0.2) is 83.6 Å². The summed E-state index contributed by atoms with van der Waals surface area (Å²) in [4.78, 5) is 35.4. The van der Waals surface area contributed by atoms with Crippen LogP contribution in [0.3, 0.4) is 0 Å². The number of ether oxygens (including phenoxy) is 4. The third-order valence-electron chi connectivity index (χ3n) is 7.28. The molecule has 3 N–H and O–H groups in total. The van der Waals surface area contributed by atoms with Gasteiger partial charge in [-0.25, -0.2) is 9.59 Å². The number of hydrogen-bond donors (Lipinski definition) is 3. The van der Waals surface area contributed by atoms with Crippen molar-refractivity contribution in [3.8, 4) is 0 Å². The number of unbranched alkanes of at least 4 members (excludes halogenated alkanes) is 8. The lowest BCUT2D eigenvalue weighted by molar-refractivity contribution is -0.162. The molecule has 0 aliphatic carbocycles. The molecule has 0 radical (unpaired) electrons. The van der Waals surface area contributed by atoms with Gasteiger partial charge in [0.1, 0.15) is 31.0 Å². The van der Waals surface area contributed by atoms with E-state index in [0.29, 0.717) is 17.5 Å². The van der Waals surface area contributed by atoms with Crippen LogP contribution in [0.15, 0.2) is 60.7 Å². The van der Waals surface area contributed by atoms with Crippen molar-refractivity contribution in [1.82, 2.24) is 0 Å². The molecule has 1 saturated heterocycles. The van der Waals surface area contributed by atoms with Gasteiger partial charge < -0.3 is 34.3 Å². The average Bonchev–Trinajstić information content (AvgIpc) is 3.39. The summed E-state index contributed by atoms with van der Waals surface area (Å²) >= 11 is 0. The van der Waals surface area contributed by atoms with E-state index in [0.717, 1.165) is 19.3 Å². The predicted octanol–water partition coefficient (Wildman–Crippen LogP) is 5.02. The monoisotopic (exact) mass is 630 g/mol. The van der Waals surface area contributed by atoms with E-state index in [-0.39, 0.29) is 13.2 Å². The molecule has 0 spiro atoms. The molecular formula is C35H50O10. The quantitative estimate of drug-likeness (QED) is 0.116. The van der Waals surface area contributed by atoms with Crippen LogP contribution in [0, 0.1) is 0 Å². The zero-order valence-corrected chi connectivity index (χ0v) is 26.6. The van der Waals surface area contributed by atoms with Gasteiger partial charge in [-0.2, -0.15) is 0 Å². The Labute approximate surface area is 266 Å². The van der Waals surface area contributed by atoms with Crippen molar-refractivity contribution >= 4 is 17.9 Å². The van der Waals surface area contributed by atoms with Gasteiger partial charge in [0.2, 0.25) is 0 Å². The molecule has 250 valence electrons. The van der Waals surface area contributed by atoms with Gasteiger partial charge in [0.25, 0.3) is 0 Å². The van der Waals surface area contributed by atoms with Crippen molar-refractivity contribution in [1.29, 1.82) is 0 Å². The van der Waals surface area contributed by atoms with Gasteiger partial charge in [-0.15, -0.1) is 0 Å². The maximum atomic E-state index is 11.8. The largest absolute Gasteiger partial charge is 0.458 e. The topological polar surface area (TPSA) is 149 Å². The predicted molar refractivity (Wildman–Crippen MR) is 169 cm³/mol. The van der Waals surface area contributed by atoms with E-state index in [1.165, 1.54) is 38.5 Å². The molecule has 10 nitrogen and oxygen atoms in total. The molecule has 1 heterocycles. The molecule has 0 bridgehead atoms. The van der Waals surface area contributed by atoms with Crippen molar-refractivity contribution in [2.45, 2.75) is 109 Å². The molecule has 5 atom stereocenters. The highest BCUT2D eigenvalue weighted by Gasteiger charge is 2.41. The second-order valence-corrected chi connectivity index (χ2v) is 11.2. The van der Waals surface area contributed by atoms with Crippen LogP contribution in [0.1, 0.15) is 98.8 Å². The van der Waals surface area contributed by atoms with Gasteiger partial charge >= 0.3 is 17.9 Å². The lowest BCUT2D eigenvalue weighted by atomic mass is 10.1. The Morgan fingerprint density at radius 1 is 0.800 bits per heavy atom. The Balaban J connectivity index is 0.000000316. The summed E-state index contributed by atoms with van der Waals surface area (Å²) in [5.74, 6) is -1.26. The molecule has 0 saturated carbocycles. The Kier molecular flexibility index (Phi) is 18.7. The van der Waals surface area contributed by atoms with Gasteiger partial charge in [-0.1, -0.05) is 94.7 Å². The van der Waals surface area contributed by atoms with Crippen molar-refractivity contribution in [2.75, 3.05) is 19.8 Å². The standard InChI is InChI=1S/C18H34O6.C17H16O4/c1-2-3-4-5-6-7-8-9-10-11-16(21)24-15(12-19)18-17(22)14(20)13-23-18;1-13(21-17(19)15-10-6-3-7-11-15)12-20-16(18)14-8-4-2-5-9-14/h14-15,17-20,22H,2-13H2,1H3;2-11,13H,12H2,1H3/t14-,15+,17+,18+;/m0./s1. The van der Waals surface area contributed by atoms with Gasteiger partial charge in [-0.05, 0) is 37.6 Å². The molecule has 1 aliphatic rings.